The van der Waals surface area contributed by atoms with Crippen molar-refractivity contribution in [3.8, 4) is 0 Å². The van der Waals surface area contributed by atoms with Crippen molar-refractivity contribution in [3.63, 3.8) is 0 Å². The van der Waals surface area contributed by atoms with E-state index in [0.29, 0.717) is 19.0 Å². The summed E-state index contributed by atoms with van der Waals surface area (Å²) in [5.41, 5.74) is 5.77. The minimum absolute atomic E-state index is 0.132. The predicted molar refractivity (Wildman–Crippen MR) is 71.1 cm³/mol. The van der Waals surface area contributed by atoms with E-state index >= 15 is 0 Å². The normalized spacial score (nSPS) is 33.1. The molecule has 0 aromatic heterocycles. The Labute approximate surface area is 110 Å². The average Bonchev–Trinajstić information content (AvgIpc) is 2.45. The van der Waals surface area contributed by atoms with Gasteiger partial charge in [0.1, 0.15) is 0 Å². The van der Waals surface area contributed by atoms with Gasteiger partial charge in [-0.25, -0.2) is 0 Å². The van der Waals surface area contributed by atoms with Crippen LogP contribution in [-0.2, 0) is 9.53 Å². The summed E-state index contributed by atoms with van der Waals surface area (Å²) in [4.78, 5) is 12.2. The molecule has 1 aliphatic carbocycles. The first-order chi connectivity index (χ1) is 8.81. The van der Waals surface area contributed by atoms with Crippen molar-refractivity contribution in [1.82, 2.24) is 5.32 Å². The molecule has 3 unspecified atom stereocenters. The summed E-state index contributed by atoms with van der Waals surface area (Å²) in [7, 11) is 0. The van der Waals surface area contributed by atoms with Gasteiger partial charge < -0.3 is 15.8 Å². The lowest BCUT2D eigenvalue weighted by molar-refractivity contribution is -0.128. The lowest BCUT2D eigenvalue weighted by Crippen LogP contribution is -2.43. The van der Waals surface area contributed by atoms with E-state index in [1.54, 1.807) is 0 Å². The number of amides is 1. The van der Waals surface area contributed by atoms with Crippen LogP contribution in [0.2, 0.25) is 0 Å². The van der Waals surface area contributed by atoms with E-state index in [9.17, 15) is 4.79 Å². The summed E-state index contributed by atoms with van der Waals surface area (Å²) in [5.74, 6) is 0.706. The standard InChI is InChI=1S/C14H26N2O2/c15-9-11-5-1-2-7-13(11)14(17)16-10-12-6-3-4-8-18-12/h11-13H,1-10,15H2,(H,16,17). The second-order valence-corrected chi connectivity index (χ2v) is 5.62. The van der Waals surface area contributed by atoms with E-state index in [-0.39, 0.29) is 17.9 Å². The second-order valence-electron chi connectivity index (χ2n) is 5.62. The van der Waals surface area contributed by atoms with Gasteiger partial charge in [0.05, 0.1) is 6.10 Å². The van der Waals surface area contributed by atoms with E-state index < -0.39 is 0 Å². The van der Waals surface area contributed by atoms with E-state index in [1.807, 2.05) is 0 Å². The van der Waals surface area contributed by atoms with Crippen LogP contribution >= 0.6 is 0 Å². The van der Waals surface area contributed by atoms with E-state index in [0.717, 1.165) is 38.7 Å². The first-order valence-electron chi connectivity index (χ1n) is 7.40. The van der Waals surface area contributed by atoms with Crippen LogP contribution < -0.4 is 11.1 Å². The van der Waals surface area contributed by atoms with Gasteiger partial charge in [0.2, 0.25) is 5.91 Å². The third-order valence-electron chi connectivity index (χ3n) is 4.33. The Morgan fingerprint density at radius 3 is 2.67 bits per heavy atom. The van der Waals surface area contributed by atoms with Crippen molar-refractivity contribution >= 4 is 5.91 Å². The van der Waals surface area contributed by atoms with Crippen LogP contribution in [0.25, 0.3) is 0 Å². The minimum atomic E-state index is 0.132. The number of ether oxygens (including phenoxy) is 1. The van der Waals surface area contributed by atoms with Crippen LogP contribution in [0, 0.1) is 11.8 Å². The molecule has 3 atom stereocenters. The van der Waals surface area contributed by atoms with Crippen LogP contribution in [0.15, 0.2) is 0 Å². The van der Waals surface area contributed by atoms with Gasteiger partial charge in [0.15, 0.2) is 0 Å². The maximum absolute atomic E-state index is 12.2. The third kappa shape index (κ3) is 3.69. The van der Waals surface area contributed by atoms with Crippen LogP contribution in [0.5, 0.6) is 0 Å². The van der Waals surface area contributed by atoms with Crippen molar-refractivity contribution in [2.75, 3.05) is 19.7 Å². The lowest BCUT2D eigenvalue weighted by atomic mass is 9.78. The molecular formula is C14H26N2O2. The number of carbonyl (C=O) groups is 1. The Kier molecular flexibility index (Phi) is 5.45. The molecule has 0 spiro atoms. The summed E-state index contributed by atoms with van der Waals surface area (Å²) in [6.45, 7) is 2.15. The maximum Gasteiger partial charge on any atom is 0.223 e. The predicted octanol–water partition coefficient (Wildman–Crippen LogP) is 1.44. The molecule has 1 heterocycles. The molecule has 0 radical (unpaired) electrons. The molecule has 104 valence electrons. The van der Waals surface area contributed by atoms with Crippen molar-refractivity contribution in [2.45, 2.75) is 51.0 Å². The van der Waals surface area contributed by atoms with Gasteiger partial charge in [-0.3, -0.25) is 4.79 Å². The van der Waals surface area contributed by atoms with Gasteiger partial charge in [0.25, 0.3) is 0 Å². The molecule has 1 saturated carbocycles. The molecule has 0 bridgehead atoms. The van der Waals surface area contributed by atoms with E-state index in [1.165, 1.54) is 12.8 Å². The zero-order valence-electron chi connectivity index (χ0n) is 11.2. The number of carbonyl (C=O) groups excluding carboxylic acids is 1. The van der Waals surface area contributed by atoms with Crippen molar-refractivity contribution < 1.29 is 9.53 Å². The summed E-state index contributed by atoms with van der Waals surface area (Å²) < 4.78 is 5.63. The molecule has 1 saturated heterocycles. The zero-order valence-corrected chi connectivity index (χ0v) is 11.2. The van der Waals surface area contributed by atoms with E-state index in [4.69, 9.17) is 10.5 Å². The SMILES string of the molecule is NCC1CCCCC1C(=O)NCC1CCCCO1. The highest BCUT2D eigenvalue weighted by molar-refractivity contribution is 5.79. The average molecular weight is 254 g/mol. The molecular weight excluding hydrogens is 228 g/mol. The van der Waals surface area contributed by atoms with Gasteiger partial charge >= 0.3 is 0 Å². The quantitative estimate of drug-likeness (QED) is 0.798. The monoisotopic (exact) mass is 254 g/mol. The number of hydrogen-bond acceptors (Lipinski definition) is 3. The molecule has 3 N–H and O–H groups in total. The largest absolute Gasteiger partial charge is 0.376 e. The van der Waals surface area contributed by atoms with Gasteiger partial charge in [-0.05, 0) is 44.6 Å². The van der Waals surface area contributed by atoms with Gasteiger partial charge in [0, 0.05) is 19.1 Å². The topological polar surface area (TPSA) is 64.4 Å². The number of nitrogens with two attached hydrogens (primary N) is 1. The van der Waals surface area contributed by atoms with Gasteiger partial charge in [-0.15, -0.1) is 0 Å². The Morgan fingerprint density at radius 2 is 1.94 bits per heavy atom. The van der Waals surface area contributed by atoms with Crippen molar-refractivity contribution in [3.05, 3.63) is 0 Å². The minimum Gasteiger partial charge on any atom is -0.376 e. The Hall–Kier alpha value is -0.610. The molecule has 4 nitrogen and oxygen atoms in total. The highest BCUT2D eigenvalue weighted by atomic mass is 16.5. The summed E-state index contributed by atoms with van der Waals surface area (Å²) in [5, 5.41) is 3.07. The molecule has 1 aliphatic heterocycles. The van der Waals surface area contributed by atoms with Crippen molar-refractivity contribution in [1.29, 1.82) is 0 Å². The van der Waals surface area contributed by atoms with Crippen LogP contribution in [0.3, 0.4) is 0 Å². The molecule has 2 fully saturated rings. The summed E-state index contributed by atoms with van der Waals surface area (Å²) in [6.07, 6.45) is 8.16. The molecule has 2 rings (SSSR count). The Balaban J connectivity index is 1.75. The first kappa shape index (κ1) is 13.8. The highest BCUT2D eigenvalue weighted by Gasteiger charge is 2.30. The number of hydrogen-bond donors (Lipinski definition) is 2. The van der Waals surface area contributed by atoms with Crippen LogP contribution in [0.1, 0.15) is 44.9 Å². The second kappa shape index (κ2) is 7.10. The van der Waals surface area contributed by atoms with Crippen LogP contribution in [-0.4, -0.2) is 31.7 Å². The molecule has 4 heteroatoms. The number of nitrogens with one attached hydrogen (secondary N) is 1. The maximum atomic E-state index is 12.2. The zero-order chi connectivity index (χ0) is 12.8. The number of rotatable bonds is 4. The molecule has 18 heavy (non-hydrogen) atoms. The Morgan fingerprint density at radius 1 is 1.17 bits per heavy atom. The Bertz CT molecular complexity index is 265. The van der Waals surface area contributed by atoms with E-state index in [2.05, 4.69) is 5.32 Å². The van der Waals surface area contributed by atoms with Gasteiger partial charge in [-0.1, -0.05) is 12.8 Å². The third-order valence-corrected chi connectivity index (χ3v) is 4.33. The van der Waals surface area contributed by atoms with Gasteiger partial charge in [-0.2, -0.15) is 0 Å². The molecule has 0 aromatic rings. The van der Waals surface area contributed by atoms with Crippen LogP contribution in [0.4, 0.5) is 0 Å². The summed E-state index contributed by atoms with van der Waals surface area (Å²) in [6, 6.07) is 0. The smallest absolute Gasteiger partial charge is 0.223 e. The van der Waals surface area contributed by atoms with Crippen molar-refractivity contribution in [2.24, 2.45) is 17.6 Å². The fourth-order valence-electron chi connectivity index (χ4n) is 3.15. The highest BCUT2D eigenvalue weighted by Crippen LogP contribution is 2.29. The first-order valence-corrected chi connectivity index (χ1v) is 7.40. The summed E-state index contributed by atoms with van der Waals surface area (Å²) >= 11 is 0. The molecule has 1 amide bonds. The fourth-order valence-corrected chi connectivity index (χ4v) is 3.15. The fraction of sp³-hybridized carbons (Fsp3) is 0.929. The molecule has 0 aromatic carbocycles. The molecule has 2 aliphatic rings. The lowest BCUT2D eigenvalue weighted by Gasteiger charge is -2.30.